The Morgan fingerprint density at radius 3 is 2.78 bits per heavy atom. The quantitative estimate of drug-likeness (QED) is 0.775. The molecule has 2 aromatic heterocycles. The van der Waals surface area contributed by atoms with E-state index in [1.807, 2.05) is 45.0 Å². The summed E-state index contributed by atoms with van der Waals surface area (Å²) >= 11 is 0. The fourth-order valence-corrected chi connectivity index (χ4v) is 2.42. The number of aromatic nitrogens is 3. The van der Waals surface area contributed by atoms with Crippen molar-refractivity contribution in [1.29, 1.82) is 0 Å². The van der Waals surface area contributed by atoms with Crippen LogP contribution in [0.25, 0.3) is 11.5 Å². The number of rotatable bonds is 4. The van der Waals surface area contributed by atoms with E-state index < -0.39 is 0 Å². The molecule has 0 unspecified atom stereocenters. The fraction of sp³-hybridized carbons (Fsp3) is 0.235. The molecule has 1 amide bonds. The van der Waals surface area contributed by atoms with E-state index in [1.54, 1.807) is 6.20 Å². The maximum absolute atomic E-state index is 12.2. The van der Waals surface area contributed by atoms with Crippen LogP contribution in [0.5, 0.6) is 0 Å². The molecule has 23 heavy (non-hydrogen) atoms. The maximum atomic E-state index is 12.2. The Hall–Kier alpha value is -2.89. The van der Waals surface area contributed by atoms with Crippen LogP contribution in [0, 0.1) is 20.8 Å². The summed E-state index contributed by atoms with van der Waals surface area (Å²) in [5.74, 6) is 1.21. The summed E-state index contributed by atoms with van der Waals surface area (Å²) in [5, 5.41) is 9.90. The Morgan fingerprint density at radius 2 is 2.13 bits per heavy atom. The molecule has 0 aliphatic carbocycles. The first-order valence-electron chi connectivity index (χ1n) is 7.36. The summed E-state index contributed by atoms with van der Waals surface area (Å²) in [6.07, 6.45) is 1.96. The van der Waals surface area contributed by atoms with Crippen LogP contribution < -0.4 is 5.32 Å². The second-order valence-electron chi connectivity index (χ2n) is 5.49. The molecule has 0 radical (unpaired) electrons. The molecule has 2 heterocycles. The molecule has 2 N–H and O–H groups in total. The monoisotopic (exact) mass is 310 g/mol. The van der Waals surface area contributed by atoms with Crippen molar-refractivity contribution < 1.29 is 9.21 Å². The maximum Gasteiger partial charge on any atom is 0.228 e. The summed E-state index contributed by atoms with van der Waals surface area (Å²) < 4.78 is 5.51. The smallest absolute Gasteiger partial charge is 0.228 e. The number of aromatic amines is 1. The number of carbonyl (C=O) groups excluding carboxylic acids is 1. The first kappa shape index (κ1) is 15.0. The topological polar surface area (TPSA) is 83.8 Å². The highest BCUT2D eigenvalue weighted by Gasteiger charge is 2.12. The second kappa shape index (κ2) is 6.08. The molecule has 0 atom stereocenters. The van der Waals surface area contributed by atoms with Gasteiger partial charge >= 0.3 is 0 Å². The lowest BCUT2D eigenvalue weighted by atomic mass is 10.1. The van der Waals surface area contributed by atoms with Gasteiger partial charge in [0.1, 0.15) is 5.76 Å². The number of oxazole rings is 1. The number of amides is 1. The molecule has 0 aliphatic heterocycles. The number of nitrogens with zero attached hydrogens (tertiary/aromatic N) is 2. The Morgan fingerprint density at radius 1 is 1.30 bits per heavy atom. The van der Waals surface area contributed by atoms with E-state index in [-0.39, 0.29) is 12.3 Å². The zero-order valence-electron chi connectivity index (χ0n) is 13.3. The number of aryl methyl sites for hydroxylation is 3. The van der Waals surface area contributed by atoms with Crippen molar-refractivity contribution in [3.05, 3.63) is 53.2 Å². The van der Waals surface area contributed by atoms with Gasteiger partial charge in [0, 0.05) is 22.5 Å². The molecular weight excluding hydrogens is 292 g/mol. The molecular formula is C17H18N4O2. The number of nitrogens with one attached hydrogen (secondary N) is 2. The number of hydrogen-bond acceptors (Lipinski definition) is 4. The molecule has 0 saturated heterocycles. The van der Waals surface area contributed by atoms with Crippen LogP contribution >= 0.6 is 0 Å². The fourth-order valence-electron chi connectivity index (χ4n) is 2.42. The number of hydrogen-bond donors (Lipinski definition) is 2. The van der Waals surface area contributed by atoms with Crippen LogP contribution in [0.2, 0.25) is 0 Å². The van der Waals surface area contributed by atoms with E-state index in [9.17, 15) is 4.79 Å². The summed E-state index contributed by atoms with van der Waals surface area (Å²) in [5.41, 5.74) is 4.24. The van der Waals surface area contributed by atoms with Gasteiger partial charge in [-0.1, -0.05) is 6.07 Å². The number of anilines is 1. The molecule has 0 saturated carbocycles. The Kier molecular flexibility index (Phi) is 3.97. The van der Waals surface area contributed by atoms with Crippen LogP contribution in [-0.4, -0.2) is 21.1 Å². The molecule has 1 aromatic carbocycles. The van der Waals surface area contributed by atoms with E-state index in [0.717, 1.165) is 28.3 Å². The minimum atomic E-state index is -0.0849. The third kappa shape index (κ3) is 3.31. The molecule has 3 aromatic rings. The van der Waals surface area contributed by atoms with Crippen molar-refractivity contribution in [2.75, 3.05) is 5.32 Å². The molecule has 6 nitrogen and oxygen atoms in total. The average molecular weight is 310 g/mol. The van der Waals surface area contributed by atoms with Gasteiger partial charge < -0.3 is 9.73 Å². The predicted molar refractivity (Wildman–Crippen MR) is 87.1 cm³/mol. The van der Waals surface area contributed by atoms with Crippen LogP contribution in [0.1, 0.15) is 22.7 Å². The lowest BCUT2D eigenvalue weighted by Crippen LogP contribution is -2.15. The SMILES string of the molecule is Cc1cnc(-c2cccc(NC(=O)Cc3c(C)n[nH]c3C)c2)o1. The molecule has 0 fully saturated rings. The van der Waals surface area contributed by atoms with E-state index in [4.69, 9.17) is 4.42 Å². The van der Waals surface area contributed by atoms with Gasteiger partial charge in [0.2, 0.25) is 11.8 Å². The van der Waals surface area contributed by atoms with Gasteiger partial charge in [-0.3, -0.25) is 9.89 Å². The van der Waals surface area contributed by atoms with Crippen molar-refractivity contribution >= 4 is 11.6 Å². The minimum absolute atomic E-state index is 0.0849. The van der Waals surface area contributed by atoms with Gasteiger partial charge in [-0.25, -0.2) is 4.98 Å². The number of benzene rings is 1. The van der Waals surface area contributed by atoms with E-state index >= 15 is 0 Å². The van der Waals surface area contributed by atoms with Gasteiger partial charge in [0.25, 0.3) is 0 Å². The Balaban J connectivity index is 1.74. The largest absolute Gasteiger partial charge is 0.441 e. The minimum Gasteiger partial charge on any atom is -0.441 e. The number of carbonyl (C=O) groups is 1. The molecule has 0 bridgehead atoms. The molecule has 0 spiro atoms. The van der Waals surface area contributed by atoms with Crippen LogP contribution in [-0.2, 0) is 11.2 Å². The van der Waals surface area contributed by atoms with Crippen molar-refractivity contribution in [2.24, 2.45) is 0 Å². The zero-order valence-corrected chi connectivity index (χ0v) is 13.3. The molecule has 3 rings (SSSR count). The Labute approximate surface area is 133 Å². The molecule has 6 heteroatoms. The normalized spacial score (nSPS) is 10.7. The predicted octanol–water partition coefficient (Wildman–Crippen LogP) is 3.17. The highest BCUT2D eigenvalue weighted by molar-refractivity contribution is 5.93. The first-order valence-corrected chi connectivity index (χ1v) is 7.36. The second-order valence-corrected chi connectivity index (χ2v) is 5.49. The highest BCUT2D eigenvalue weighted by Crippen LogP contribution is 2.22. The van der Waals surface area contributed by atoms with Crippen molar-refractivity contribution in [1.82, 2.24) is 15.2 Å². The Bertz CT molecular complexity index is 828. The average Bonchev–Trinajstić information content (AvgIpc) is 3.08. The molecule has 0 aliphatic rings. The van der Waals surface area contributed by atoms with Crippen molar-refractivity contribution in [2.45, 2.75) is 27.2 Å². The summed E-state index contributed by atoms with van der Waals surface area (Å²) in [6.45, 7) is 5.64. The number of H-pyrrole nitrogens is 1. The molecule has 118 valence electrons. The third-order valence-electron chi connectivity index (χ3n) is 3.63. The standard InChI is InChI=1S/C17H18N4O2/c1-10-9-18-17(23-10)13-5-4-6-14(7-13)19-16(22)8-15-11(2)20-21-12(15)3/h4-7,9H,8H2,1-3H3,(H,19,22)(H,20,21). The van der Waals surface area contributed by atoms with E-state index in [1.165, 1.54) is 0 Å². The lowest BCUT2D eigenvalue weighted by molar-refractivity contribution is -0.115. The van der Waals surface area contributed by atoms with Gasteiger partial charge in [0.15, 0.2) is 0 Å². The summed E-state index contributed by atoms with van der Waals surface area (Å²) in [6, 6.07) is 7.44. The van der Waals surface area contributed by atoms with Gasteiger partial charge in [-0.15, -0.1) is 0 Å². The highest BCUT2D eigenvalue weighted by atomic mass is 16.4. The van der Waals surface area contributed by atoms with Crippen LogP contribution in [0.15, 0.2) is 34.9 Å². The third-order valence-corrected chi connectivity index (χ3v) is 3.63. The van der Waals surface area contributed by atoms with Gasteiger partial charge in [0.05, 0.1) is 18.3 Å². The van der Waals surface area contributed by atoms with Crippen LogP contribution in [0.4, 0.5) is 5.69 Å². The van der Waals surface area contributed by atoms with Gasteiger partial charge in [-0.05, 0) is 39.0 Å². The van der Waals surface area contributed by atoms with Crippen LogP contribution in [0.3, 0.4) is 0 Å². The van der Waals surface area contributed by atoms with Crippen molar-refractivity contribution in [3.63, 3.8) is 0 Å². The lowest BCUT2D eigenvalue weighted by Gasteiger charge is -2.06. The zero-order chi connectivity index (χ0) is 16.4. The van der Waals surface area contributed by atoms with E-state index in [0.29, 0.717) is 11.6 Å². The summed E-state index contributed by atoms with van der Waals surface area (Å²) in [4.78, 5) is 16.4. The summed E-state index contributed by atoms with van der Waals surface area (Å²) in [7, 11) is 0. The first-order chi connectivity index (χ1) is 11.0. The van der Waals surface area contributed by atoms with E-state index in [2.05, 4.69) is 20.5 Å². The van der Waals surface area contributed by atoms with Gasteiger partial charge in [-0.2, -0.15) is 5.10 Å². The van der Waals surface area contributed by atoms with Crippen molar-refractivity contribution in [3.8, 4) is 11.5 Å².